The summed E-state index contributed by atoms with van der Waals surface area (Å²) < 4.78 is 5.21. The monoisotopic (exact) mass is 444 g/mol. The van der Waals surface area contributed by atoms with Crippen LogP contribution in [-0.2, 0) is 14.3 Å². The molecule has 0 radical (unpaired) electrons. The van der Waals surface area contributed by atoms with Crippen LogP contribution in [0, 0.1) is 0 Å². The third kappa shape index (κ3) is 18.4. The van der Waals surface area contributed by atoms with Gasteiger partial charge in [-0.05, 0) is 65.7 Å². The van der Waals surface area contributed by atoms with Gasteiger partial charge in [0.1, 0.15) is 12.1 Å². The Morgan fingerprint density at radius 2 is 1.28 bits per heavy atom. The summed E-state index contributed by atoms with van der Waals surface area (Å²) in [6.07, 6.45) is 28.2. The van der Waals surface area contributed by atoms with E-state index in [9.17, 15) is 9.59 Å². The highest BCUT2D eigenvalue weighted by molar-refractivity contribution is 5.84. The molecule has 0 fully saturated rings. The second-order valence-corrected chi connectivity index (χ2v) is 7.89. The van der Waals surface area contributed by atoms with E-state index in [1.807, 2.05) is 0 Å². The number of carbonyl (C=O) groups excluding carboxylic acids is 2. The number of nitrogens with one attached hydrogen (secondary N) is 1. The molecule has 5 nitrogen and oxygen atoms in total. The lowest BCUT2D eigenvalue weighted by molar-refractivity contribution is -0.152. The predicted molar refractivity (Wildman–Crippen MR) is 135 cm³/mol. The van der Waals surface area contributed by atoms with Gasteiger partial charge in [0.25, 0.3) is 0 Å². The van der Waals surface area contributed by atoms with E-state index >= 15 is 0 Å². The van der Waals surface area contributed by atoms with Crippen LogP contribution in [0.4, 0.5) is 0 Å². The van der Waals surface area contributed by atoms with Crippen LogP contribution < -0.4 is 11.1 Å². The Bertz CT molecular complexity index is 645. The Balaban J connectivity index is 3.78. The first-order chi connectivity index (χ1) is 15.4. The van der Waals surface area contributed by atoms with Crippen LogP contribution in [0.1, 0.15) is 79.1 Å². The molecule has 0 aliphatic carbocycles. The number of amides is 1. The molecule has 0 rings (SSSR count). The predicted octanol–water partition coefficient (Wildman–Crippen LogP) is 5.69. The van der Waals surface area contributed by atoms with E-state index in [2.05, 4.69) is 73.0 Å². The molecule has 0 aromatic carbocycles. The largest absolute Gasteiger partial charge is 0.460 e. The first-order valence-corrected chi connectivity index (χ1v) is 11.9. The molecular weight excluding hydrogens is 400 g/mol. The van der Waals surface area contributed by atoms with Crippen LogP contribution >= 0.6 is 0 Å². The van der Waals surface area contributed by atoms with E-state index in [0.29, 0.717) is 6.42 Å². The molecular formula is C27H44N2O3. The van der Waals surface area contributed by atoms with Crippen molar-refractivity contribution in [2.75, 3.05) is 0 Å². The van der Waals surface area contributed by atoms with Crippen molar-refractivity contribution in [3.8, 4) is 0 Å². The average molecular weight is 445 g/mol. The molecule has 0 aromatic rings. The number of rotatable bonds is 17. The Hall–Kier alpha value is -2.40. The molecule has 5 heteroatoms. The van der Waals surface area contributed by atoms with E-state index in [1.54, 1.807) is 20.8 Å². The van der Waals surface area contributed by atoms with Crippen molar-refractivity contribution in [2.45, 2.75) is 97.2 Å². The van der Waals surface area contributed by atoms with E-state index in [1.165, 1.54) is 0 Å². The summed E-state index contributed by atoms with van der Waals surface area (Å²) in [4.78, 5) is 23.9. The van der Waals surface area contributed by atoms with Crippen LogP contribution in [-0.4, -0.2) is 30.1 Å². The van der Waals surface area contributed by atoms with Gasteiger partial charge < -0.3 is 15.8 Å². The zero-order valence-corrected chi connectivity index (χ0v) is 20.5. The third-order valence-electron chi connectivity index (χ3n) is 4.71. The highest BCUT2D eigenvalue weighted by Gasteiger charge is 2.20. The summed E-state index contributed by atoms with van der Waals surface area (Å²) in [6, 6.07) is -0.914. The number of hydrogen-bond acceptors (Lipinski definition) is 4. The molecule has 0 unspecified atom stereocenters. The van der Waals surface area contributed by atoms with Gasteiger partial charge in [0.15, 0.2) is 0 Å². The molecule has 0 bridgehead atoms. The summed E-state index contributed by atoms with van der Waals surface area (Å²) in [5, 5.41) is 2.68. The molecule has 0 spiro atoms. The van der Waals surface area contributed by atoms with Gasteiger partial charge in [-0.3, -0.25) is 4.79 Å². The van der Waals surface area contributed by atoms with Gasteiger partial charge in [0.2, 0.25) is 5.91 Å². The molecule has 0 aliphatic heterocycles. The van der Waals surface area contributed by atoms with Crippen molar-refractivity contribution in [3.05, 3.63) is 60.8 Å². The first-order valence-electron chi connectivity index (χ1n) is 11.9. The van der Waals surface area contributed by atoms with E-state index in [4.69, 9.17) is 10.5 Å². The highest BCUT2D eigenvalue weighted by atomic mass is 16.5. The van der Waals surface area contributed by atoms with Crippen LogP contribution in [0.5, 0.6) is 0 Å². The third-order valence-corrected chi connectivity index (χ3v) is 4.71. The van der Waals surface area contributed by atoms with Crippen molar-refractivity contribution in [1.82, 2.24) is 5.32 Å². The lowest BCUT2D eigenvalue weighted by atomic mass is 10.2. The second-order valence-electron chi connectivity index (χ2n) is 7.89. The minimum Gasteiger partial charge on any atom is -0.460 e. The number of unbranched alkanes of at least 4 members (excludes halogenated alkanes) is 1. The summed E-state index contributed by atoms with van der Waals surface area (Å²) in [7, 11) is 0. The minimum atomic E-state index is -0.669. The standard InChI is InChI=1S/C27H44N2O3/c1-5-6-7-8-9-10-11-12-13-14-15-16-17-18-19-20-21-22-26(30)29-24(3)27(31)32-25(4)23(2)28/h6-7,9-10,12-13,15-16,18-19,23-25H,5,8,11,14,17,20-22,28H2,1-4H3,(H,29,30)/b7-6-,10-9-,13-12-,16-15-,19-18-/t23-,24+,25-/m1/s1. The highest BCUT2D eigenvalue weighted by Crippen LogP contribution is 2.02. The molecule has 0 aliphatic rings. The topological polar surface area (TPSA) is 81.4 Å². The fourth-order valence-electron chi connectivity index (χ4n) is 2.51. The van der Waals surface area contributed by atoms with Gasteiger partial charge in [-0.15, -0.1) is 0 Å². The lowest BCUT2D eigenvalue weighted by Crippen LogP contribution is -2.43. The minimum absolute atomic E-state index is 0.143. The molecule has 0 aromatic heterocycles. The Kier molecular flexibility index (Phi) is 19.0. The summed E-state index contributed by atoms with van der Waals surface area (Å²) in [6.45, 7) is 7.28. The first kappa shape index (κ1) is 29.6. The van der Waals surface area contributed by atoms with Gasteiger partial charge in [0, 0.05) is 12.5 Å². The fourth-order valence-corrected chi connectivity index (χ4v) is 2.51. The molecule has 0 heterocycles. The zero-order valence-electron chi connectivity index (χ0n) is 20.5. The molecule has 1 amide bonds. The van der Waals surface area contributed by atoms with Gasteiger partial charge in [-0.2, -0.15) is 0 Å². The summed E-state index contributed by atoms with van der Waals surface area (Å²) in [5.41, 5.74) is 5.68. The Morgan fingerprint density at radius 3 is 1.75 bits per heavy atom. The second kappa shape index (κ2) is 20.5. The van der Waals surface area contributed by atoms with Crippen LogP contribution in [0.25, 0.3) is 0 Å². The quantitative estimate of drug-likeness (QED) is 0.171. The summed E-state index contributed by atoms with van der Waals surface area (Å²) in [5.74, 6) is -0.601. The van der Waals surface area contributed by atoms with E-state index in [-0.39, 0.29) is 18.1 Å². The maximum atomic E-state index is 11.9. The zero-order chi connectivity index (χ0) is 24.0. The van der Waals surface area contributed by atoms with Gasteiger partial charge >= 0.3 is 5.97 Å². The van der Waals surface area contributed by atoms with Gasteiger partial charge in [-0.25, -0.2) is 4.79 Å². The van der Waals surface area contributed by atoms with Crippen molar-refractivity contribution >= 4 is 11.9 Å². The Labute approximate surface area is 195 Å². The number of hydrogen-bond donors (Lipinski definition) is 2. The Morgan fingerprint density at radius 1 is 0.812 bits per heavy atom. The maximum absolute atomic E-state index is 11.9. The maximum Gasteiger partial charge on any atom is 0.328 e. The SMILES string of the molecule is CC/C=C\C/C=C\C/C=C\C/C=C\C/C=C\CCCC(=O)N[C@@H](C)C(=O)O[C@H](C)[C@@H](C)N. The van der Waals surface area contributed by atoms with Gasteiger partial charge in [-0.1, -0.05) is 67.7 Å². The van der Waals surface area contributed by atoms with E-state index in [0.717, 1.165) is 44.9 Å². The molecule has 180 valence electrons. The number of allylic oxidation sites excluding steroid dienone is 10. The van der Waals surface area contributed by atoms with Crippen molar-refractivity contribution in [1.29, 1.82) is 0 Å². The molecule has 3 atom stereocenters. The number of nitrogens with two attached hydrogens (primary N) is 1. The fraction of sp³-hybridized carbons (Fsp3) is 0.556. The molecule has 0 saturated heterocycles. The molecule has 32 heavy (non-hydrogen) atoms. The number of carbonyl (C=O) groups is 2. The normalized spacial score (nSPS) is 15.3. The van der Waals surface area contributed by atoms with Crippen LogP contribution in [0.15, 0.2) is 60.8 Å². The molecule has 0 saturated carbocycles. The number of ether oxygens (including phenoxy) is 1. The smallest absolute Gasteiger partial charge is 0.328 e. The van der Waals surface area contributed by atoms with Crippen LogP contribution in [0.2, 0.25) is 0 Å². The lowest BCUT2D eigenvalue weighted by Gasteiger charge is -2.20. The van der Waals surface area contributed by atoms with Crippen molar-refractivity contribution in [2.24, 2.45) is 5.73 Å². The van der Waals surface area contributed by atoms with Crippen molar-refractivity contribution in [3.63, 3.8) is 0 Å². The van der Waals surface area contributed by atoms with Crippen molar-refractivity contribution < 1.29 is 14.3 Å². The summed E-state index contributed by atoms with van der Waals surface area (Å²) >= 11 is 0. The molecule has 3 N–H and O–H groups in total. The van der Waals surface area contributed by atoms with Crippen LogP contribution in [0.3, 0.4) is 0 Å². The van der Waals surface area contributed by atoms with E-state index < -0.39 is 12.0 Å². The van der Waals surface area contributed by atoms with Gasteiger partial charge in [0.05, 0.1) is 0 Å². The number of esters is 1. The average Bonchev–Trinajstić information content (AvgIpc) is 2.75.